The van der Waals surface area contributed by atoms with Crippen LogP contribution in [0.2, 0.25) is 0 Å². The van der Waals surface area contributed by atoms with Crippen LogP contribution in [0.1, 0.15) is 56.2 Å². The van der Waals surface area contributed by atoms with E-state index in [9.17, 15) is 0 Å². The van der Waals surface area contributed by atoms with Gasteiger partial charge in [-0.2, -0.15) is 0 Å². The molecule has 2 nitrogen and oxygen atoms in total. The maximum Gasteiger partial charge on any atom is 0.0294 e. The first-order chi connectivity index (χ1) is 7.65. The molecular weight excluding hydrogens is 232 g/mol. The van der Waals surface area contributed by atoms with Gasteiger partial charge < -0.3 is 11.5 Å². The van der Waals surface area contributed by atoms with Crippen molar-refractivity contribution in [2.24, 2.45) is 11.5 Å². The minimum Gasteiger partial charge on any atom is -0.330 e. The van der Waals surface area contributed by atoms with Crippen molar-refractivity contribution < 1.29 is 0 Å². The van der Waals surface area contributed by atoms with E-state index in [4.69, 9.17) is 11.5 Å². The van der Waals surface area contributed by atoms with E-state index < -0.39 is 0 Å². The zero-order valence-electron chi connectivity index (χ0n) is 10.9. The van der Waals surface area contributed by atoms with Crippen LogP contribution in [0.4, 0.5) is 0 Å². The monoisotopic (exact) mass is 256 g/mol. The Morgan fingerprint density at radius 2 is 1.76 bits per heavy atom. The molecule has 0 amide bonds. The van der Waals surface area contributed by atoms with Crippen LogP contribution in [0.3, 0.4) is 0 Å². The van der Waals surface area contributed by atoms with Gasteiger partial charge in [0.15, 0.2) is 0 Å². The van der Waals surface area contributed by atoms with Gasteiger partial charge in [-0.3, -0.25) is 0 Å². The lowest BCUT2D eigenvalue weighted by Crippen LogP contribution is -2.11. The van der Waals surface area contributed by atoms with Gasteiger partial charge in [-0.1, -0.05) is 44.5 Å². The van der Waals surface area contributed by atoms with Gasteiger partial charge in [0.05, 0.1) is 0 Å². The van der Waals surface area contributed by atoms with Crippen LogP contribution in [0, 0.1) is 0 Å². The van der Waals surface area contributed by atoms with Gasteiger partial charge >= 0.3 is 0 Å². The van der Waals surface area contributed by atoms with E-state index in [1.807, 2.05) is 0 Å². The lowest BCUT2D eigenvalue weighted by molar-refractivity contribution is 0.590. The van der Waals surface area contributed by atoms with Gasteiger partial charge in [0.2, 0.25) is 0 Å². The van der Waals surface area contributed by atoms with E-state index in [1.54, 1.807) is 0 Å². The van der Waals surface area contributed by atoms with E-state index in [1.165, 1.54) is 11.1 Å². The van der Waals surface area contributed by atoms with Crippen molar-refractivity contribution in [2.45, 2.75) is 45.1 Å². The largest absolute Gasteiger partial charge is 0.330 e. The Labute approximate surface area is 111 Å². The van der Waals surface area contributed by atoms with Crippen molar-refractivity contribution >= 4 is 12.4 Å². The summed E-state index contributed by atoms with van der Waals surface area (Å²) in [6, 6.07) is 8.79. The summed E-state index contributed by atoms with van der Waals surface area (Å²) >= 11 is 0. The SMILES string of the molecule is CC(C)c1cccc([C@H](N)CCCCN)c1.Cl. The van der Waals surface area contributed by atoms with Crippen LogP contribution in [0.15, 0.2) is 24.3 Å². The fourth-order valence-corrected chi connectivity index (χ4v) is 1.82. The maximum absolute atomic E-state index is 6.16. The van der Waals surface area contributed by atoms with Crippen molar-refractivity contribution in [1.29, 1.82) is 0 Å². The second kappa shape index (κ2) is 8.51. The van der Waals surface area contributed by atoms with Gasteiger partial charge in [-0.05, 0) is 36.4 Å². The van der Waals surface area contributed by atoms with Gasteiger partial charge in [-0.25, -0.2) is 0 Å². The quantitative estimate of drug-likeness (QED) is 0.767. The smallest absolute Gasteiger partial charge is 0.0294 e. The molecule has 1 aromatic carbocycles. The minimum absolute atomic E-state index is 0. The number of benzene rings is 1. The summed E-state index contributed by atoms with van der Waals surface area (Å²) in [5, 5.41) is 0. The zero-order chi connectivity index (χ0) is 12.0. The molecule has 98 valence electrons. The Morgan fingerprint density at radius 1 is 1.12 bits per heavy atom. The third-order valence-electron chi connectivity index (χ3n) is 2.97. The summed E-state index contributed by atoms with van der Waals surface area (Å²) in [5.41, 5.74) is 14.3. The highest BCUT2D eigenvalue weighted by Gasteiger charge is 2.07. The van der Waals surface area contributed by atoms with E-state index in [2.05, 4.69) is 38.1 Å². The molecule has 0 fully saturated rings. The first-order valence-electron chi connectivity index (χ1n) is 6.20. The Balaban J connectivity index is 0.00000256. The second-order valence-corrected chi connectivity index (χ2v) is 4.72. The molecule has 0 spiro atoms. The topological polar surface area (TPSA) is 52.0 Å². The first-order valence-corrected chi connectivity index (χ1v) is 6.20. The van der Waals surface area contributed by atoms with E-state index in [-0.39, 0.29) is 18.4 Å². The molecule has 0 saturated heterocycles. The maximum atomic E-state index is 6.16. The molecule has 0 saturated carbocycles. The van der Waals surface area contributed by atoms with Crippen LogP contribution < -0.4 is 11.5 Å². The highest BCUT2D eigenvalue weighted by molar-refractivity contribution is 5.85. The number of halogens is 1. The third-order valence-corrected chi connectivity index (χ3v) is 2.97. The van der Waals surface area contributed by atoms with Crippen molar-refractivity contribution in [3.63, 3.8) is 0 Å². The number of nitrogens with two attached hydrogens (primary N) is 2. The molecular formula is C14H25ClN2. The molecule has 0 aromatic heterocycles. The van der Waals surface area contributed by atoms with Gasteiger partial charge in [0.25, 0.3) is 0 Å². The molecule has 3 heteroatoms. The van der Waals surface area contributed by atoms with Crippen LogP contribution in [-0.2, 0) is 0 Å². The number of hydrogen-bond acceptors (Lipinski definition) is 2. The fraction of sp³-hybridized carbons (Fsp3) is 0.571. The normalized spacial score (nSPS) is 12.3. The van der Waals surface area contributed by atoms with Gasteiger partial charge in [0.1, 0.15) is 0 Å². The molecule has 0 unspecified atom stereocenters. The Hall–Kier alpha value is -0.570. The standard InChI is InChI=1S/C14H24N2.ClH/c1-11(2)12-6-5-7-13(10-12)14(16)8-3-4-9-15;/h5-7,10-11,14H,3-4,8-9,15-16H2,1-2H3;1H/t14-;/m1./s1. The molecule has 0 aliphatic heterocycles. The van der Waals surface area contributed by atoms with Gasteiger partial charge in [-0.15, -0.1) is 12.4 Å². The molecule has 1 aromatic rings. The van der Waals surface area contributed by atoms with Crippen LogP contribution in [-0.4, -0.2) is 6.54 Å². The summed E-state index contributed by atoms with van der Waals surface area (Å²) in [7, 11) is 0. The Bertz CT molecular complexity index is 313. The predicted molar refractivity (Wildman–Crippen MR) is 77.6 cm³/mol. The molecule has 4 N–H and O–H groups in total. The Morgan fingerprint density at radius 3 is 2.35 bits per heavy atom. The lowest BCUT2D eigenvalue weighted by Gasteiger charge is -2.14. The first kappa shape index (κ1) is 16.4. The average molecular weight is 257 g/mol. The number of hydrogen-bond donors (Lipinski definition) is 2. The second-order valence-electron chi connectivity index (χ2n) is 4.72. The molecule has 0 heterocycles. The van der Waals surface area contributed by atoms with Crippen molar-refractivity contribution in [1.82, 2.24) is 0 Å². The number of rotatable bonds is 6. The molecule has 1 atom stereocenters. The molecule has 17 heavy (non-hydrogen) atoms. The van der Waals surface area contributed by atoms with E-state index in [0.29, 0.717) is 5.92 Å². The predicted octanol–water partition coefficient (Wildman–Crippen LogP) is 3.36. The van der Waals surface area contributed by atoms with E-state index in [0.717, 1.165) is 25.8 Å². The zero-order valence-corrected chi connectivity index (χ0v) is 11.7. The molecule has 0 aliphatic carbocycles. The van der Waals surface area contributed by atoms with Crippen LogP contribution in [0.25, 0.3) is 0 Å². The van der Waals surface area contributed by atoms with Crippen molar-refractivity contribution in [3.05, 3.63) is 35.4 Å². The third kappa shape index (κ3) is 5.53. The van der Waals surface area contributed by atoms with E-state index >= 15 is 0 Å². The summed E-state index contributed by atoms with van der Waals surface area (Å²) < 4.78 is 0. The number of unbranched alkanes of at least 4 members (excludes halogenated alkanes) is 1. The average Bonchev–Trinajstić information content (AvgIpc) is 2.29. The Kier molecular flexibility index (Phi) is 8.23. The van der Waals surface area contributed by atoms with Gasteiger partial charge in [0, 0.05) is 6.04 Å². The summed E-state index contributed by atoms with van der Waals surface area (Å²) in [4.78, 5) is 0. The fourth-order valence-electron chi connectivity index (χ4n) is 1.82. The van der Waals surface area contributed by atoms with Crippen LogP contribution in [0.5, 0.6) is 0 Å². The van der Waals surface area contributed by atoms with Crippen LogP contribution >= 0.6 is 12.4 Å². The minimum atomic E-state index is 0. The molecule has 0 bridgehead atoms. The summed E-state index contributed by atoms with van der Waals surface area (Å²) in [6.07, 6.45) is 3.21. The molecule has 0 aliphatic rings. The molecule has 0 radical (unpaired) electrons. The summed E-state index contributed by atoms with van der Waals surface area (Å²) in [5.74, 6) is 0.566. The van der Waals surface area contributed by atoms with Crippen molar-refractivity contribution in [3.8, 4) is 0 Å². The highest BCUT2D eigenvalue weighted by Crippen LogP contribution is 2.21. The molecule has 1 rings (SSSR count). The lowest BCUT2D eigenvalue weighted by atomic mass is 9.96. The highest BCUT2D eigenvalue weighted by atomic mass is 35.5. The summed E-state index contributed by atoms with van der Waals surface area (Å²) in [6.45, 7) is 5.18. The van der Waals surface area contributed by atoms with Crippen molar-refractivity contribution in [2.75, 3.05) is 6.54 Å².